The Morgan fingerprint density at radius 3 is 2.28 bits per heavy atom. The minimum Gasteiger partial charge on any atom is -0.352 e. The lowest BCUT2D eigenvalue weighted by Crippen LogP contribution is -2.05. The fraction of sp³-hybridized carbons (Fsp3) is 0.136. The van der Waals surface area contributed by atoms with Gasteiger partial charge in [-0.15, -0.1) is 0 Å². The molecule has 0 spiro atoms. The van der Waals surface area contributed by atoms with Crippen molar-refractivity contribution in [3.63, 3.8) is 0 Å². The van der Waals surface area contributed by atoms with Crippen molar-refractivity contribution in [1.82, 2.24) is 9.55 Å². The van der Waals surface area contributed by atoms with Crippen LogP contribution in [-0.2, 0) is 19.8 Å². The van der Waals surface area contributed by atoms with Crippen molar-refractivity contribution >= 4 is 28.6 Å². The summed E-state index contributed by atoms with van der Waals surface area (Å²) in [6.45, 7) is 0.482. The molecule has 0 fully saturated rings. The van der Waals surface area contributed by atoms with Crippen LogP contribution in [0.4, 0.5) is 19.1 Å². The van der Waals surface area contributed by atoms with E-state index in [1.807, 2.05) is 54.6 Å². The minimum absolute atomic E-state index is 0.0186. The number of aromatic nitrogens is 2. The monoisotopic (exact) mass is 415 g/mol. The third-order valence-electron chi connectivity index (χ3n) is 4.76. The number of benzene rings is 3. The summed E-state index contributed by atoms with van der Waals surface area (Å²) >= 11 is 6.09. The smallest absolute Gasteiger partial charge is 0.352 e. The van der Waals surface area contributed by atoms with E-state index in [1.54, 1.807) is 11.6 Å². The Labute approximate surface area is 170 Å². The largest absolute Gasteiger partial charge is 0.416 e. The van der Waals surface area contributed by atoms with Gasteiger partial charge in [0, 0.05) is 13.6 Å². The van der Waals surface area contributed by atoms with Crippen molar-refractivity contribution in [1.29, 1.82) is 0 Å². The van der Waals surface area contributed by atoms with Gasteiger partial charge in [-0.05, 0) is 28.8 Å². The van der Waals surface area contributed by atoms with Crippen molar-refractivity contribution in [3.05, 3.63) is 82.9 Å². The number of hydrogen-bond donors (Lipinski definition) is 1. The number of rotatable bonds is 4. The highest BCUT2D eigenvalue weighted by Gasteiger charge is 2.32. The molecule has 1 N–H and O–H groups in total. The average molecular weight is 416 g/mol. The van der Waals surface area contributed by atoms with Crippen LogP contribution in [0.5, 0.6) is 0 Å². The van der Waals surface area contributed by atoms with Gasteiger partial charge in [0.25, 0.3) is 0 Å². The van der Waals surface area contributed by atoms with Gasteiger partial charge in [0.2, 0.25) is 5.95 Å². The van der Waals surface area contributed by atoms with Gasteiger partial charge in [-0.2, -0.15) is 13.2 Å². The van der Waals surface area contributed by atoms with Crippen molar-refractivity contribution < 1.29 is 13.2 Å². The fourth-order valence-electron chi connectivity index (χ4n) is 3.25. The summed E-state index contributed by atoms with van der Waals surface area (Å²) in [6.07, 6.45) is -4.47. The molecule has 1 aromatic heterocycles. The number of alkyl halides is 3. The number of fused-ring (bicyclic) bond motifs is 1. The van der Waals surface area contributed by atoms with E-state index in [-0.39, 0.29) is 10.5 Å². The molecule has 0 aliphatic carbocycles. The van der Waals surface area contributed by atoms with Gasteiger partial charge < -0.3 is 9.88 Å². The molecule has 0 bridgehead atoms. The molecule has 0 atom stereocenters. The van der Waals surface area contributed by atoms with Crippen LogP contribution in [0, 0.1) is 0 Å². The molecule has 0 amide bonds. The standard InChI is InChI=1S/C22H17ClF3N3/c1-29-20-18(23)11-17(22(24,25)26)12-19(20)28-21(29)27-13-14-7-9-16(10-8-14)15-5-3-2-4-6-15/h2-12H,13H2,1H3,(H,27,28). The molecule has 0 saturated heterocycles. The average Bonchev–Trinajstić information content (AvgIpc) is 3.03. The van der Waals surface area contributed by atoms with Crippen LogP contribution in [-0.4, -0.2) is 9.55 Å². The van der Waals surface area contributed by atoms with E-state index in [4.69, 9.17) is 11.6 Å². The number of anilines is 1. The Bertz CT molecular complexity index is 1150. The molecule has 7 heteroatoms. The van der Waals surface area contributed by atoms with Gasteiger partial charge in [-0.25, -0.2) is 4.98 Å². The van der Waals surface area contributed by atoms with Crippen LogP contribution in [0.25, 0.3) is 22.2 Å². The van der Waals surface area contributed by atoms with E-state index in [0.717, 1.165) is 28.8 Å². The zero-order valence-electron chi connectivity index (χ0n) is 15.5. The van der Waals surface area contributed by atoms with Crippen molar-refractivity contribution in [2.24, 2.45) is 7.05 Å². The van der Waals surface area contributed by atoms with Crippen molar-refractivity contribution in [2.75, 3.05) is 5.32 Å². The first kappa shape index (κ1) is 19.3. The number of nitrogens with one attached hydrogen (secondary N) is 1. The molecule has 4 rings (SSSR count). The minimum atomic E-state index is -4.47. The first-order chi connectivity index (χ1) is 13.8. The molecule has 1 heterocycles. The normalized spacial score (nSPS) is 11.8. The SMILES string of the molecule is Cn1c(NCc2ccc(-c3ccccc3)cc2)nc2cc(C(F)(F)F)cc(Cl)c21. The van der Waals surface area contributed by atoms with Crippen LogP contribution in [0.15, 0.2) is 66.7 Å². The molecule has 3 nitrogen and oxygen atoms in total. The number of imidazole rings is 1. The van der Waals surface area contributed by atoms with Crippen LogP contribution >= 0.6 is 11.6 Å². The van der Waals surface area contributed by atoms with Crippen LogP contribution in [0.3, 0.4) is 0 Å². The molecule has 4 aromatic rings. The first-order valence-electron chi connectivity index (χ1n) is 8.94. The van der Waals surface area contributed by atoms with E-state index >= 15 is 0 Å². The van der Waals surface area contributed by atoms with Gasteiger partial charge in [0.15, 0.2) is 0 Å². The zero-order valence-corrected chi connectivity index (χ0v) is 16.2. The van der Waals surface area contributed by atoms with E-state index < -0.39 is 11.7 Å². The van der Waals surface area contributed by atoms with Gasteiger partial charge in [0.1, 0.15) is 0 Å². The van der Waals surface area contributed by atoms with Crippen LogP contribution < -0.4 is 5.32 Å². The highest BCUT2D eigenvalue weighted by Crippen LogP contribution is 2.35. The molecule has 0 unspecified atom stereocenters. The number of nitrogens with zero attached hydrogens (tertiary/aromatic N) is 2. The maximum atomic E-state index is 13.0. The molecule has 0 aliphatic rings. The first-order valence-corrected chi connectivity index (χ1v) is 9.32. The Morgan fingerprint density at radius 2 is 1.62 bits per heavy atom. The second-order valence-corrected chi connectivity index (χ2v) is 7.14. The molecular weight excluding hydrogens is 399 g/mol. The molecule has 148 valence electrons. The molecule has 0 saturated carbocycles. The number of halogens is 4. The summed E-state index contributed by atoms with van der Waals surface area (Å²) in [5, 5.41) is 3.19. The second-order valence-electron chi connectivity index (χ2n) is 6.73. The highest BCUT2D eigenvalue weighted by atomic mass is 35.5. The predicted molar refractivity (Wildman–Crippen MR) is 110 cm³/mol. The molecule has 3 aromatic carbocycles. The van der Waals surface area contributed by atoms with E-state index in [0.29, 0.717) is 18.0 Å². The number of hydrogen-bond acceptors (Lipinski definition) is 2. The zero-order chi connectivity index (χ0) is 20.6. The van der Waals surface area contributed by atoms with Crippen molar-refractivity contribution in [2.45, 2.75) is 12.7 Å². The molecular formula is C22H17ClF3N3. The third-order valence-corrected chi connectivity index (χ3v) is 5.05. The maximum Gasteiger partial charge on any atom is 0.416 e. The predicted octanol–water partition coefficient (Wildman–Crippen LogP) is 6.52. The molecule has 0 aliphatic heterocycles. The second kappa shape index (κ2) is 7.44. The van der Waals surface area contributed by atoms with Crippen LogP contribution in [0.1, 0.15) is 11.1 Å². The lowest BCUT2D eigenvalue weighted by atomic mass is 10.0. The topological polar surface area (TPSA) is 29.9 Å². The van der Waals surface area contributed by atoms with Crippen molar-refractivity contribution in [3.8, 4) is 11.1 Å². The quantitative estimate of drug-likeness (QED) is 0.411. The Hall–Kier alpha value is -2.99. The summed E-state index contributed by atoms with van der Waals surface area (Å²) in [7, 11) is 1.72. The van der Waals surface area contributed by atoms with Gasteiger partial charge in [0.05, 0.1) is 21.6 Å². The van der Waals surface area contributed by atoms with Gasteiger partial charge >= 0.3 is 6.18 Å². The summed E-state index contributed by atoms with van der Waals surface area (Å²) < 4.78 is 40.7. The van der Waals surface area contributed by atoms with E-state index in [1.165, 1.54) is 0 Å². The maximum absolute atomic E-state index is 13.0. The lowest BCUT2D eigenvalue weighted by molar-refractivity contribution is -0.137. The van der Waals surface area contributed by atoms with E-state index in [2.05, 4.69) is 10.3 Å². The van der Waals surface area contributed by atoms with Gasteiger partial charge in [-0.3, -0.25) is 0 Å². The van der Waals surface area contributed by atoms with Crippen LogP contribution in [0.2, 0.25) is 5.02 Å². The summed E-state index contributed by atoms with van der Waals surface area (Å²) in [6, 6.07) is 20.1. The third kappa shape index (κ3) is 3.93. The summed E-state index contributed by atoms with van der Waals surface area (Å²) in [4.78, 5) is 4.29. The Morgan fingerprint density at radius 1 is 0.966 bits per heavy atom. The Balaban J connectivity index is 1.55. The van der Waals surface area contributed by atoms with E-state index in [9.17, 15) is 13.2 Å². The van der Waals surface area contributed by atoms with Gasteiger partial charge in [-0.1, -0.05) is 66.2 Å². The lowest BCUT2D eigenvalue weighted by Gasteiger charge is -2.09. The molecule has 0 radical (unpaired) electrons. The number of aryl methyl sites for hydroxylation is 1. The fourth-order valence-corrected chi connectivity index (χ4v) is 3.59. The summed E-state index contributed by atoms with van der Waals surface area (Å²) in [5.41, 5.74) is 3.13. The highest BCUT2D eigenvalue weighted by molar-refractivity contribution is 6.35. The Kier molecular flexibility index (Phi) is 4.96. The summed E-state index contributed by atoms with van der Waals surface area (Å²) in [5.74, 6) is 0.452. The molecule has 29 heavy (non-hydrogen) atoms.